The zero-order valence-electron chi connectivity index (χ0n) is 14.7. The minimum Gasteiger partial charge on any atom is -0.395 e. The Kier molecular flexibility index (Phi) is 4.35. The molecule has 0 aliphatic carbocycles. The lowest BCUT2D eigenvalue weighted by molar-refractivity contribution is -0.176. The number of aromatic nitrogens is 1. The van der Waals surface area contributed by atoms with E-state index in [0.29, 0.717) is 19.6 Å². The summed E-state index contributed by atoms with van der Waals surface area (Å²) < 4.78 is 25.4. The van der Waals surface area contributed by atoms with E-state index in [-0.39, 0.29) is 24.1 Å². The smallest absolute Gasteiger partial charge is 0.211 e. The van der Waals surface area contributed by atoms with E-state index in [0.717, 1.165) is 11.3 Å². The summed E-state index contributed by atoms with van der Waals surface area (Å²) in [5.41, 5.74) is 1.79. The normalized spacial score (nSPS) is 25.6. The number of pyridine rings is 1. The van der Waals surface area contributed by atoms with Crippen molar-refractivity contribution < 1.29 is 13.5 Å². The highest BCUT2D eigenvalue weighted by atomic mass is 32.2. The molecule has 0 amide bonds. The van der Waals surface area contributed by atoms with Gasteiger partial charge in [0.1, 0.15) is 0 Å². The Hall–Kier alpha value is -1.80. The predicted molar refractivity (Wildman–Crippen MR) is 99.0 cm³/mol. The van der Waals surface area contributed by atoms with Crippen LogP contribution in [-0.2, 0) is 16.6 Å². The largest absolute Gasteiger partial charge is 0.395 e. The third-order valence-corrected chi connectivity index (χ3v) is 6.91. The Morgan fingerprint density at radius 3 is 2.42 bits per heavy atom. The first-order chi connectivity index (χ1) is 12.5. The molecule has 1 aromatic heterocycles. The Morgan fingerprint density at radius 1 is 1.15 bits per heavy atom. The van der Waals surface area contributed by atoms with Gasteiger partial charge in [0.05, 0.1) is 24.1 Å². The summed E-state index contributed by atoms with van der Waals surface area (Å²) in [6.07, 6.45) is 3.01. The molecule has 2 aromatic rings. The Balaban J connectivity index is 1.66. The van der Waals surface area contributed by atoms with E-state index in [1.807, 2.05) is 36.4 Å². The standard InChI is InChI=1S/C19H23N3O3S/c1-26(24,25)21-13-19(14-21)18(15-7-3-2-4-8-15)17(12-23)22(19)11-16-9-5-6-10-20-16/h2-10,17-18,23H,11-14H2,1H3/t17-,18-/m1/s1. The van der Waals surface area contributed by atoms with E-state index < -0.39 is 10.0 Å². The molecule has 0 radical (unpaired) electrons. The topological polar surface area (TPSA) is 73.7 Å². The fourth-order valence-electron chi connectivity index (χ4n) is 4.48. The average molecular weight is 373 g/mol. The van der Waals surface area contributed by atoms with Gasteiger partial charge < -0.3 is 5.11 Å². The summed E-state index contributed by atoms with van der Waals surface area (Å²) in [6, 6.07) is 15.8. The molecule has 3 heterocycles. The molecule has 1 spiro atoms. The molecule has 4 rings (SSSR count). The van der Waals surface area contributed by atoms with Gasteiger partial charge in [-0.05, 0) is 17.7 Å². The van der Waals surface area contributed by atoms with Gasteiger partial charge in [-0.3, -0.25) is 9.88 Å². The molecule has 2 atom stereocenters. The maximum atomic E-state index is 11.9. The molecular weight excluding hydrogens is 350 g/mol. The SMILES string of the molecule is CS(=O)(=O)N1CC2(C1)[C@H](c1ccccc1)[C@@H](CO)N2Cc1ccccn1. The van der Waals surface area contributed by atoms with Crippen LogP contribution in [0.25, 0.3) is 0 Å². The van der Waals surface area contributed by atoms with Gasteiger partial charge in [-0.2, -0.15) is 4.31 Å². The number of sulfonamides is 1. The second-order valence-corrected chi connectivity index (χ2v) is 9.20. The highest BCUT2D eigenvalue weighted by molar-refractivity contribution is 7.88. The van der Waals surface area contributed by atoms with Crippen molar-refractivity contribution >= 4 is 10.0 Å². The maximum absolute atomic E-state index is 11.9. The fraction of sp³-hybridized carbons (Fsp3) is 0.421. The van der Waals surface area contributed by atoms with Crippen LogP contribution in [0, 0.1) is 0 Å². The van der Waals surface area contributed by atoms with Gasteiger partial charge in [-0.15, -0.1) is 0 Å². The molecule has 0 unspecified atom stereocenters. The van der Waals surface area contributed by atoms with Crippen LogP contribution >= 0.6 is 0 Å². The van der Waals surface area contributed by atoms with Crippen molar-refractivity contribution in [1.82, 2.24) is 14.2 Å². The molecule has 0 saturated carbocycles. The lowest BCUT2D eigenvalue weighted by Crippen LogP contribution is -2.84. The molecule has 2 aliphatic heterocycles. The quantitative estimate of drug-likeness (QED) is 0.848. The van der Waals surface area contributed by atoms with Gasteiger partial charge in [-0.25, -0.2) is 8.42 Å². The van der Waals surface area contributed by atoms with E-state index in [9.17, 15) is 13.5 Å². The summed E-state index contributed by atoms with van der Waals surface area (Å²) in [5.74, 6) is 0.107. The van der Waals surface area contributed by atoms with Crippen LogP contribution in [0.5, 0.6) is 0 Å². The van der Waals surface area contributed by atoms with Crippen molar-refractivity contribution in [3.8, 4) is 0 Å². The summed E-state index contributed by atoms with van der Waals surface area (Å²) in [5, 5.41) is 10.0. The molecule has 7 heteroatoms. The van der Waals surface area contributed by atoms with Crippen molar-refractivity contribution in [2.45, 2.75) is 24.0 Å². The molecule has 2 fully saturated rings. The van der Waals surface area contributed by atoms with Crippen molar-refractivity contribution in [3.05, 3.63) is 66.0 Å². The van der Waals surface area contributed by atoms with E-state index in [4.69, 9.17) is 0 Å². The minimum absolute atomic E-state index is 0.0347. The Morgan fingerprint density at radius 2 is 1.85 bits per heavy atom. The van der Waals surface area contributed by atoms with Gasteiger partial charge in [0.2, 0.25) is 10.0 Å². The number of aliphatic hydroxyl groups is 1. The van der Waals surface area contributed by atoms with Crippen LogP contribution in [0.1, 0.15) is 17.2 Å². The third-order valence-electron chi connectivity index (χ3n) is 5.71. The first kappa shape index (κ1) is 17.6. The maximum Gasteiger partial charge on any atom is 0.211 e. The predicted octanol–water partition coefficient (Wildman–Crippen LogP) is 1.06. The number of benzene rings is 1. The van der Waals surface area contributed by atoms with Crippen LogP contribution in [0.2, 0.25) is 0 Å². The molecule has 138 valence electrons. The number of nitrogens with zero attached hydrogens (tertiary/aromatic N) is 3. The highest BCUT2D eigenvalue weighted by Crippen LogP contribution is 2.54. The Bertz CT molecular complexity index is 867. The monoisotopic (exact) mass is 373 g/mol. The summed E-state index contributed by atoms with van der Waals surface area (Å²) in [6.45, 7) is 1.55. The number of aliphatic hydroxyl groups excluding tert-OH is 1. The van der Waals surface area contributed by atoms with E-state index in [1.54, 1.807) is 6.20 Å². The molecular formula is C19H23N3O3S. The summed E-state index contributed by atoms with van der Waals surface area (Å²) in [4.78, 5) is 6.63. The first-order valence-corrected chi connectivity index (χ1v) is 10.6. The minimum atomic E-state index is -3.21. The van der Waals surface area contributed by atoms with Crippen LogP contribution in [0.15, 0.2) is 54.7 Å². The van der Waals surface area contributed by atoms with E-state index in [1.165, 1.54) is 10.6 Å². The lowest BCUT2D eigenvalue weighted by atomic mass is 9.61. The fourth-order valence-corrected chi connectivity index (χ4v) is 5.40. The zero-order chi connectivity index (χ0) is 18.4. The van der Waals surface area contributed by atoms with Crippen LogP contribution in [0.4, 0.5) is 0 Å². The van der Waals surface area contributed by atoms with Crippen LogP contribution in [-0.4, -0.2) is 65.2 Å². The average Bonchev–Trinajstić information content (AvgIpc) is 2.58. The van der Waals surface area contributed by atoms with Gasteiger partial charge in [0.25, 0.3) is 0 Å². The molecule has 0 bridgehead atoms. The van der Waals surface area contributed by atoms with Crippen molar-refractivity contribution in [2.24, 2.45) is 0 Å². The molecule has 1 aromatic carbocycles. The number of rotatable bonds is 5. The number of hydrogen-bond donors (Lipinski definition) is 1. The summed E-state index contributed by atoms with van der Waals surface area (Å²) >= 11 is 0. The molecule has 26 heavy (non-hydrogen) atoms. The van der Waals surface area contributed by atoms with Crippen molar-refractivity contribution in [2.75, 3.05) is 26.0 Å². The summed E-state index contributed by atoms with van der Waals surface area (Å²) in [7, 11) is -3.21. The van der Waals surface area contributed by atoms with Gasteiger partial charge >= 0.3 is 0 Å². The number of likely N-dealkylation sites (tertiary alicyclic amines) is 1. The molecule has 1 N–H and O–H groups in total. The van der Waals surface area contributed by atoms with Crippen molar-refractivity contribution in [1.29, 1.82) is 0 Å². The molecule has 2 aliphatic rings. The third kappa shape index (κ3) is 2.75. The number of hydrogen-bond acceptors (Lipinski definition) is 5. The van der Waals surface area contributed by atoms with Crippen LogP contribution in [0.3, 0.4) is 0 Å². The van der Waals surface area contributed by atoms with Crippen molar-refractivity contribution in [3.63, 3.8) is 0 Å². The van der Waals surface area contributed by atoms with Gasteiger partial charge in [0.15, 0.2) is 0 Å². The van der Waals surface area contributed by atoms with E-state index >= 15 is 0 Å². The second-order valence-electron chi connectivity index (χ2n) is 7.22. The van der Waals surface area contributed by atoms with Gasteiger partial charge in [-0.1, -0.05) is 36.4 Å². The van der Waals surface area contributed by atoms with E-state index in [2.05, 4.69) is 22.0 Å². The zero-order valence-corrected chi connectivity index (χ0v) is 15.5. The molecule has 6 nitrogen and oxygen atoms in total. The first-order valence-electron chi connectivity index (χ1n) is 8.73. The Labute approximate surface area is 154 Å². The van der Waals surface area contributed by atoms with Gasteiger partial charge in [0, 0.05) is 37.8 Å². The molecule has 2 saturated heterocycles. The highest BCUT2D eigenvalue weighted by Gasteiger charge is 2.66. The lowest BCUT2D eigenvalue weighted by Gasteiger charge is -2.70. The second kappa shape index (κ2) is 6.42. The van der Waals surface area contributed by atoms with Crippen LogP contribution < -0.4 is 0 Å².